The van der Waals surface area contributed by atoms with Crippen molar-refractivity contribution in [1.29, 1.82) is 0 Å². The number of carbonyl (C=O) groups is 4. The minimum Gasteiger partial charge on any atom is -0.452 e. The van der Waals surface area contributed by atoms with Crippen molar-refractivity contribution < 1.29 is 23.9 Å². The van der Waals surface area contributed by atoms with E-state index < -0.39 is 24.5 Å². The zero-order chi connectivity index (χ0) is 22.2. The Bertz CT molecular complexity index is 1130. The summed E-state index contributed by atoms with van der Waals surface area (Å²) in [5, 5.41) is 8.83. The number of hydrogen-bond donors (Lipinski definition) is 3. The third kappa shape index (κ3) is 6.14. The third-order valence-corrected chi connectivity index (χ3v) is 4.30. The molecular weight excluding hydrogens is 398 g/mol. The Kier molecular flexibility index (Phi) is 6.95. The number of hydrogen-bond acceptors (Lipinski definition) is 5. The average Bonchev–Trinajstić information content (AvgIpc) is 2.76. The van der Waals surface area contributed by atoms with Crippen LogP contribution in [0.5, 0.6) is 0 Å². The van der Waals surface area contributed by atoms with Crippen LogP contribution >= 0.6 is 0 Å². The van der Waals surface area contributed by atoms with Crippen molar-refractivity contribution in [2.45, 2.75) is 13.5 Å². The number of rotatable bonds is 6. The van der Waals surface area contributed by atoms with E-state index >= 15 is 0 Å². The zero-order valence-corrected chi connectivity index (χ0v) is 16.8. The number of ether oxygens (including phenoxy) is 1. The summed E-state index contributed by atoms with van der Waals surface area (Å²) in [5.41, 5.74) is 1.26. The lowest BCUT2D eigenvalue weighted by atomic mass is 10.0. The summed E-state index contributed by atoms with van der Waals surface area (Å²) in [6.07, 6.45) is 0. The highest BCUT2D eigenvalue weighted by Crippen LogP contribution is 2.25. The van der Waals surface area contributed by atoms with Gasteiger partial charge in [-0.1, -0.05) is 54.6 Å². The van der Waals surface area contributed by atoms with Crippen molar-refractivity contribution in [3.63, 3.8) is 0 Å². The second-order valence-corrected chi connectivity index (χ2v) is 6.72. The smallest absolute Gasteiger partial charge is 0.340 e. The molecule has 3 N–H and O–H groups in total. The van der Waals surface area contributed by atoms with Crippen molar-refractivity contribution in [1.82, 2.24) is 10.6 Å². The van der Waals surface area contributed by atoms with Crippen molar-refractivity contribution in [2.75, 3.05) is 11.9 Å². The Morgan fingerprint density at radius 1 is 0.871 bits per heavy atom. The minimum absolute atomic E-state index is 0.107. The highest BCUT2D eigenvalue weighted by molar-refractivity contribution is 6.06. The van der Waals surface area contributed by atoms with E-state index in [0.717, 1.165) is 16.3 Å². The normalized spacial score (nSPS) is 10.2. The molecule has 0 aliphatic heterocycles. The molecule has 3 aromatic rings. The molecule has 0 aromatic heterocycles. The summed E-state index contributed by atoms with van der Waals surface area (Å²) in [6, 6.07) is 19.0. The average molecular weight is 419 g/mol. The maximum atomic E-state index is 12.5. The summed E-state index contributed by atoms with van der Waals surface area (Å²) in [4.78, 5) is 47.8. The highest BCUT2D eigenvalue weighted by atomic mass is 16.5. The maximum Gasteiger partial charge on any atom is 0.340 e. The van der Waals surface area contributed by atoms with E-state index in [1.54, 1.807) is 12.1 Å². The van der Waals surface area contributed by atoms with Crippen LogP contribution < -0.4 is 16.0 Å². The number of fused-ring (bicyclic) bond motifs is 1. The van der Waals surface area contributed by atoms with E-state index in [9.17, 15) is 19.2 Å². The Morgan fingerprint density at radius 3 is 2.19 bits per heavy atom. The second-order valence-electron chi connectivity index (χ2n) is 6.72. The Labute approximate surface area is 178 Å². The molecule has 0 atom stereocenters. The fraction of sp³-hybridized carbons (Fsp3) is 0.130. The van der Waals surface area contributed by atoms with Crippen LogP contribution in [0.15, 0.2) is 66.7 Å². The monoisotopic (exact) mass is 419 g/mol. The molecule has 0 saturated carbocycles. The molecule has 0 saturated heterocycles. The maximum absolute atomic E-state index is 12.5. The standard InChI is InChI=1S/C23H21N3O5/c1-15(27)25-20-12-18-10-6-5-9-17(18)11-19(20)22(29)31-14-21(28)26-23(30)24-13-16-7-3-2-4-8-16/h2-12H,13-14H2,1H3,(H,25,27)(H2,24,26,28,30). The number of amides is 4. The van der Waals surface area contributed by atoms with Gasteiger partial charge in [0.15, 0.2) is 6.61 Å². The highest BCUT2D eigenvalue weighted by Gasteiger charge is 2.17. The van der Waals surface area contributed by atoms with Crippen LogP contribution in [0.3, 0.4) is 0 Å². The SMILES string of the molecule is CC(=O)Nc1cc2ccccc2cc1C(=O)OCC(=O)NC(=O)NCc1ccccc1. The van der Waals surface area contributed by atoms with Crippen LogP contribution in [0.4, 0.5) is 10.5 Å². The number of anilines is 1. The first-order chi connectivity index (χ1) is 14.9. The van der Waals surface area contributed by atoms with Crippen LogP contribution in [0.1, 0.15) is 22.8 Å². The summed E-state index contributed by atoms with van der Waals surface area (Å²) in [6.45, 7) is 0.923. The quantitative estimate of drug-likeness (QED) is 0.532. The second kappa shape index (κ2) is 10.0. The van der Waals surface area contributed by atoms with Gasteiger partial charge in [-0.25, -0.2) is 9.59 Å². The molecule has 0 bridgehead atoms. The van der Waals surface area contributed by atoms with Gasteiger partial charge >= 0.3 is 12.0 Å². The lowest BCUT2D eigenvalue weighted by Gasteiger charge is -2.12. The molecule has 158 valence electrons. The van der Waals surface area contributed by atoms with Gasteiger partial charge in [-0.3, -0.25) is 14.9 Å². The molecule has 4 amide bonds. The number of carbonyl (C=O) groups excluding carboxylic acids is 4. The van der Waals surface area contributed by atoms with Crippen LogP contribution in [0, 0.1) is 0 Å². The largest absolute Gasteiger partial charge is 0.452 e. The fourth-order valence-electron chi connectivity index (χ4n) is 2.90. The number of benzene rings is 3. The predicted molar refractivity (Wildman–Crippen MR) is 115 cm³/mol. The van der Waals surface area contributed by atoms with E-state index in [1.165, 1.54) is 6.92 Å². The van der Waals surface area contributed by atoms with Gasteiger partial charge in [0, 0.05) is 13.5 Å². The van der Waals surface area contributed by atoms with E-state index in [1.807, 2.05) is 54.6 Å². The topological polar surface area (TPSA) is 114 Å². The van der Waals surface area contributed by atoms with Crippen LogP contribution in [-0.4, -0.2) is 30.4 Å². The number of imide groups is 1. The summed E-state index contributed by atoms with van der Waals surface area (Å²) >= 11 is 0. The van der Waals surface area contributed by atoms with Gasteiger partial charge in [0.1, 0.15) is 0 Å². The number of urea groups is 1. The Balaban J connectivity index is 1.59. The van der Waals surface area contributed by atoms with Gasteiger partial charge < -0.3 is 15.4 Å². The molecule has 0 heterocycles. The van der Waals surface area contributed by atoms with Gasteiger partial charge in [0.25, 0.3) is 5.91 Å². The zero-order valence-electron chi connectivity index (χ0n) is 16.8. The van der Waals surface area contributed by atoms with Crippen LogP contribution in [0.25, 0.3) is 10.8 Å². The van der Waals surface area contributed by atoms with Crippen molar-refractivity contribution in [3.05, 3.63) is 77.9 Å². The van der Waals surface area contributed by atoms with Gasteiger partial charge in [-0.15, -0.1) is 0 Å². The minimum atomic E-state index is -0.797. The van der Waals surface area contributed by atoms with E-state index in [-0.39, 0.29) is 23.7 Å². The summed E-state index contributed by atoms with van der Waals surface area (Å²) in [7, 11) is 0. The van der Waals surface area contributed by atoms with Crippen molar-refractivity contribution in [3.8, 4) is 0 Å². The van der Waals surface area contributed by atoms with Gasteiger partial charge in [-0.05, 0) is 28.5 Å². The molecule has 8 nitrogen and oxygen atoms in total. The van der Waals surface area contributed by atoms with E-state index in [4.69, 9.17) is 4.74 Å². The first kappa shape index (κ1) is 21.5. The van der Waals surface area contributed by atoms with E-state index in [2.05, 4.69) is 16.0 Å². The summed E-state index contributed by atoms with van der Waals surface area (Å²) < 4.78 is 5.04. The molecule has 0 aliphatic rings. The third-order valence-electron chi connectivity index (χ3n) is 4.30. The van der Waals surface area contributed by atoms with Gasteiger partial charge in [0.2, 0.25) is 5.91 Å². The molecule has 0 aliphatic carbocycles. The van der Waals surface area contributed by atoms with Crippen LogP contribution in [0.2, 0.25) is 0 Å². The Hall–Kier alpha value is -4.20. The molecular formula is C23H21N3O5. The van der Waals surface area contributed by atoms with Crippen molar-refractivity contribution in [2.24, 2.45) is 0 Å². The molecule has 3 aromatic carbocycles. The van der Waals surface area contributed by atoms with Crippen molar-refractivity contribution >= 4 is 40.3 Å². The first-order valence-electron chi connectivity index (χ1n) is 9.51. The molecule has 3 rings (SSSR count). The molecule has 8 heteroatoms. The first-order valence-corrected chi connectivity index (χ1v) is 9.51. The Morgan fingerprint density at radius 2 is 1.52 bits per heavy atom. The van der Waals surface area contributed by atoms with E-state index in [0.29, 0.717) is 0 Å². The molecule has 0 spiro atoms. The van der Waals surface area contributed by atoms with Gasteiger partial charge in [-0.2, -0.15) is 0 Å². The lowest BCUT2D eigenvalue weighted by molar-refractivity contribution is -0.123. The molecule has 0 radical (unpaired) electrons. The lowest BCUT2D eigenvalue weighted by Crippen LogP contribution is -2.41. The predicted octanol–water partition coefficient (Wildman–Crippen LogP) is 2.98. The van der Waals surface area contributed by atoms with Crippen LogP contribution in [-0.2, 0) is 20.9 Å². The number of esters is 1. The summed E-state index contributed by atoms with van der Waals surface area (Å²) in [5.74, 6) is -1.92. The fourth-order valence-corrected chi connectivity index (χ4v) is 2.90. The molecule has 0 fully saturated rings. The molecule has 31 heavy (non-hydrogen) atoms. The number of nitrogens with one attached hydrogen (secondary N) is 3. The van der Waals surface area contributed by atoms with Gasteiger partial charge in [0.05, 0.1) is 11.3 Å². The molecule has 0 unspecified atom stereocenters.